The molecule has 0 fully saturated rings. The zero-order valence-electron chi connectivity index (χ0n) is 7.67. The minimum Gasteiger partial charge on any atom is -0.192 e. The average molecular weight is 313 g/mol. The van der Waals surface area contributed by atoms with Crippen LogP contribution in [0.15, 0.2) is 18.2 Å². The Bertz CT molecular complexity index is 522. The van der Waals surface area contributed by atoms with Gasteiger partial charge >= 0.3 is 0 Å². The van der Waals surface area contributed by atoms with Crippen LogP contribution in [0.3, 0.4) is 0 Å². The average Bonchev–Trinajstić information content (AvgIpc) is 2.56. The van der Waals surface area contributed by atoms with Crippen molar-refractivity contribution < 1.29 is 0 Å². The molecule has 14 heavy (non-hydrogen) atoms. The van der Waals surface area contributed by atoms with E-state index >= 15 is 0 Å². The van der Waals surface area contributed by atoms with Crippen molar-refractivity contribution >= 4 is 44.0 Å². The Balaban J connectivity index is 2.84. The van der Waals surface area contributed by atoms with Gasteiger partial charge in [-0.05, 0) is 46.7 Å². The van der Waals surface area contributed by atoms with Crippen LogP contribution in [0.2, 0.25) is 0 Å². The van der Waals surface area contributed by atoms with Gasteiger partial charge in [-0.3, -0.25) is 0 Å². The van der Waals surface area contributed by atoms with Gasteiger partial charge in [0.2, 0.25) is 0 Å². The van der Waals surface area contributed by atoms with Crippen LogP contribution in [0.4, 0.5) is 0 Å². The molecule has 0 radical (unpaired) electrons. The molecule has 0 amide bonds. The molecule has 1 aromatic heterocycles. The maximum atomic E-state index is 9.11. The number of hydrogen-bond acceptors (Lipinski definition) is 2. The highest BCUT2D eigenvalue weighted by molar-refractivity contribution is 14.1. The van der Waals surface area contributed by atoms with Crippen LogP contribution < -0.4 is 0 Å². The molecule has 0 bridgehead atoms. The molecule has 2 aromatic rings. The van der Waals surface area contributed by atoms with Crippen molar-refractivity contribution in [3.05, 3.63) is 32.2 Å². The van der Waals surface area contributed by atoms with Gasteiger partial charge in [-0.1, -0.05) is 13.0 Å². The highest BCUT2D eigenvalue weighted by atomic mass is 127. The van der Waals surface area contributed by atoms with Crippen LogP contribution in [0, 0.1) is 14.2 Å². The molecule has 0 saturated carbocycles. The Morgan fingerprint density at radius 2 is 2.29 bits per heavy atom. The van der Waals surface area contributed by atoms with Gasteiger partial charge in [0.05, 0.1) is 8.45 Å². The molecule has 1 nitrogen and oxygen atoms in total. The number of halogens is 1. The lowest BCUT2D eigenvalue weighted by atomic mass is 10.0. The van der Waals surface area contributed by atoms with E-state index in [1.54, 1.807) is 11.3 Å². The Kier molecular flexibility index (Phi) is 2.75. The van der Waals surface area contributed by atoms with Crippen molar-refractivity contribution in [1.29, 1.82) is 5.26 Å². The smallest absolute Gasteiger partial charge is 0.100 e. The molecular weight excluding hydrogens is 305 g/mol. The largest absolute Gasteiger partial charge is 0.192 e. The number of benzene rings is 1. The van der Waals surface area contributed by atoms with Crippen LogP contribution in [0.25, 0.3) is 10.1 Å². The molecule has 0 spiro atoms. The first-order valence-corrected chi connectivity index (χ1v) is 6.26. The number of nitriles is 1. The van der Waals surface area contributed by atoms with Crippen molar-refractivity contribution in [1.82, 2.24) is 0 Å². The summed E-state index contributed by atoms with van der Waals surface area (Å²) in [6.45, 7) is 2.08. The zero-order chi connectivity index (χ0) is 10.1. The van der Waals surface area contributed by atoms with Gasteiger partial charge in [-0.15, -0.1) is 11.3 Å². The molecule has 0 unspecified atom stereocenters. The summed E-state index contributed by atoms with van der Waals surface area (Å²) in [5.74, 6) is 0. The number of nitrogens with zero attached hydrogens (tertiary/aromatic N) is 1. The lowest BCUT2D eigenvalue weighted by molar-refractivity contribution is 1.14. The van der Waals surface area contributed by atoms with Crippen molar-refractivity contribution in [3.8, 4) is 6.07 Å². The summed E-state index contributed by atoms with van der Waals surface area (Å²) in [6, 6.07) is 8.58. The zero-order valence-corrected chi connectivity index (χ0v) is 10.6. The molecule has 3 heteroatoms. The van der Waals surface area contributed by atoms with E-state index in [-0.39, 0.29) is 0 Å². The highest BCUT2D eigenvalue weighted by Gasteiger charge is 2.08. The fourth-order valence-electron chi connectivity index (χ4n) is 1.55. The van der Waals surface area contributed by atoms with E-state index in [1.807, 2.05) is 0 Å². The molecule has 1 aromatic carbocycles. The second-order valence-corrected chi connectivity index (χ2v) is 6.01. The fraction of sp³-hybridized carbons (Fsp3) is 0.182. The first-order chi connectivity index (χ1) is 6.76. The molecule has 2 rings (SSSR count). The van der Waals surface area contributed by atoms with E-state index in [0.29, 0.717) is 0 Å². The summed E-state index contributed by atoms with van der Waals surface area (Å²) in [4.78, 5) is 0. The Hall–Kier alpha value is -0.600. The Morgan fingerprint density at radius 3 is 2.93 bits per heavy atom. The van der Waals surface area contributed by atoms with Crippen LogP contribution in [0.5, 0.6) is 0 Å². The molecular formula is C11H8INS. The molecule has 0 aliphatic heterocycles. The summed E-state index contributed by atoms with van der Waals surface area (Å²) in [6.07, 6.45) is 0.922. The van der Waals surface area contributed by atoms with Crippen LogP contribution >= 0.6 is 33.9 Å². The number of aryl methyl sites for hydroxylation is 1. The summed E-state index contributed by atoms with van der Waals surface area (Å²) in [5, 5.41) is 10.2. The third kappa shape index (κ3) is 1.53. The number of hydrogen-bond donors (Lipinski definition) is 0. The summed E-state index contributed by atoms with van der Waals surface area (Å²) < 4.78 is 2.45. The van der Waals surface area contributed by atoms with Crippen LogP contribution in [0.1, 0.15) is 18.1 Å². The SMILES string of the molecule is CCc1ccc2sc(I)cc2c1C#N. The lowest BCUT2D eigenvalue weighted by Gasteiger charge is -2.00. The first kappa shape index (κ1) is 9.94. The molecule has 0 N–H and O–H groups in total. The normalized spacial score (nSPS) is 10.4. The second kappa shape index (κ2) is 3.87. The van der Waals surface area contributed by atoms with E-state index in [0.717, 1.165) is 22.9 Å². The third-order valence-electron chi connectivity index (χ3n) is 2.25. The monoisotopic (exact) mass is 313 g/mol. The topological polar surface area (TPSA) is 23.8 Å². The van der Waals surface area contributed by atoms with Gasteiger partial charge in [0.15, 0.2) is 0 Å². The molecule has 1 heterocycles. The van der Waals surface area contributed by atoms with Gasteiger partial charge in [0, 0.05) is 10.1 Å². The van der Waals surface area contributed by atoms with Crippen molar-refractivity contribution in [2.75, 3.05) is 0 Å². The molecule has 0 atom stereocenters. The molecule has 0 saturated heterocycles. The van der Waals surface area contributed by atoms with E-state index in [1.165, 1.54) is 7.58 Å². The maximum absolute atomic E-state index is 9.11. The van der Waals surface area contributed by atoms with Gasteiger partial charge < -0.3 is 0 Å². The quantitative estimate of drug-likeness (QED) is 0.732. The standard InChI is InChI=1S/C11H8INS/c1-2-7-3-4-10-8(9(7)6-13)5-11(12)14-10/h3-5H,2H2,1H3. The van der Waals surface area contributed by atoms with E-state index in [2.05, 4.69) is 53.8 Å². The molecule has 0 aliphatic carbocycles. The lowest BCUT2D eigenvalue weighted by Crippen LogP contribution is -1.86. The second-order valence-electron chi connectivity index (χ2n) is 3.03. The van der Waals surface area contributed by atoms with E-state index in [9.17, 15) is 0 Å². The van der Waals surface area contributed by atoms with Gasteiger partial charge in [0.25, 0.3) is 0 Å². The minimum absolute atomic E-state index is 0.851. The summed E-state index contributed by atoms with van der Waals surface area (Å²) >= 11 is 4.04. The van der Waals surface area contributed by atoms with Crippen molar-refractivity contribution in [2.24, 2.45) is 0 Å². The molecule has 70 valence electrons. The third-order valence-corrected chi connectivity index (χ3v) is 4.11. The minimum atomic E-state index is 0.851. The highest BCUT2D eigenvalue weighted by Crippen LogP contribution is 2.30. The van der Waals surface area contributed by atoms with Crippen molar-refractivity contribution in [2.45, 2.75) is 13.3 Å². The predicted octanol–water partition coefficient (Wildman–Crippen LogP) is 3.94. The Morgan fingerprint density at radius 1 is 1.50 bits per heavy atom. The van der Waals surface area contributed by atoms with Gasteiger partial charge in [-0.25, -0.2) is 0 Å². The fourth-order valence-corrected chi connectivity index (χ4v) is 3.37. The van der Waals surface area contributed by atoms with Gasteiger partial charge in [0.1, 0.15) is 6.07 Å². The van der Waals surface area contributed by atoms with Gasteiger partial charge in [-0.2, -0.15) is 5.26 Å². The predicted molar refractivity (Wildman–Crippen MR) is 68.6 cm³/mol. The number of fused-ring (bicyclic) bond motifs is 1. The van der Waals surface area contributed by atoms with E-state index < -0.39 is 0 Å². The maximum Gasteiger partial charge on any atom is 0.100 e. The first-order valence-electron chi connectivity index (χ1n) is 4.37. The summed E-state index contributed by atoms with van der Waals surface area (Å²) in [5.41, 5.74) is 2.00. The van der Waals surface area contributed by atoms with Crippen molar-refractivity contribution in [3.63, 3.8) is 0 Å². The Labute approximate surface area is 101 Å². The summed E-state index contributed by atoms with van der Waals surface area (Å²) in [7, 11) is 0. The van der Waals surface area contributed by atoms with E-state index in [4.69, 9.17) is 5.26 Å². The van der Waals surface area contributed by atoms with Crippen LogP contribution in [-0.2, 0) is 6.42 Å². The number of thiophene rings is 1. The number of rotatable bonds is 1. The van der Waals surface area contributed by atoms with Crippen LogP contribution in [-0.4, -0.2) is 0 Å². The molecule has 0 aliphatic rings.